The number of aryl methyl sites for hydroxylation is 3. The van der Waals surface area contributed by atoms with Crippen molar-refractivity contribution in [3.05, 3.63) is 35.0 Å². The average molecular weight is 256 g/mol. The topological polar surface area (TPSA) is 30.9 Å². The molecular formula is C17H24N2. The van der Waals surface area contributed by atoms with Gasteiger partial charge in [0.2, 0.25) is 0 Å². The van der Waals surface area contributed by atoms with E-state index in [4.69, 9.17) is 5.73 Å². The van der Waals surface area contributed by atoms with Crippen LogP contribution in [0, 0.1) is 6.92 Å². The highest BCUT2D eigenvalue weighted by molar-refractivity contribution is 5.88. The Morgan fingerprint density at radius 2 is 2.11 bits per heavy atom. The predicted molar refractivity (Wildman–Crippen MR) is 81.6 cm³/mol. The summed E-state index contributed by atoms with van der Waals surface area (Å²) in [4.78, 5) is 0. The molecule has 1 aromatic carbocycles. The minimum atomic E-state index is -0.0847. The van der Waals surface area contributed by atoms with Crippen LogP contribution in [0.5, 0.6) is 0 Å². The van der Waals surface area contributed by atoms with Crippen LogP contribution in [-0.4, -0.2) is 10.1 Å². The zero-order valence-corrected chi connectivity index (χ0v) is 12.3. The number of hydrogen-bond acceptors (Lipinski definition) is 1. The van der Waals surface area contributed by atoms with E-state index in [1.165, 1.54) is 47.1 Å². The molecule has 1 aliphatic rings. The number of aromatic nitrogens is 1. The van der Waals surface area contributed by atoms with E-state index in [-0.39, 0.29) is 5.54 Å². The largest absolute Gasteiger partial charge is 0.344 e. The monoisotopic (exact) mass is 256 g/mol. The molecule has 0 amide bonds. The molecule has 3 rings (SSSR count). The van der Waals surface area contributed by atoms with E-state index in [9.17, 15) is 0 Å². The lowest BCUT2D eigenvalue weighted by atomic mass is 9.94. The third-order valence-electron chi connectivity index (χ3n) is 4.40. The van der Waals surface area contributed by atoms with Crippen molar-refractivity contribution in [3.63, 3.8) is 0 Å². The van der Waals surface area contributed by atoms with E-state index in [2.05, 4.69) is 43.5 Å². The molecule has 2 heteroatoms. The van der Waals surface area contributed by atoms with E-state index < -0.39 is 0 Å². The van der Waals surface area contributed by atoms with Crippen LogP contribution in [0.15, 0.2) is 18.2 Å². The summed E-state index contributed by atoms with van der Waals surface area (Å²) in [5.74, 6) is 0. The van der Waals surface area contributed by atoms with Crippen LogP contribution < -0.4 is 5.73 Å². The highest BCUT2D eigenvalue weighted by Gasteiger charge is 2.20. The molecule has 0 fully saturated rings. The van der Waals surface area contributed by atoms with Crippen molar-refractivity contribution >= 4 is 10.9 Å². The van der Waals surface area contributed by atoms with Crippen molar-refractivity contribution in [3.8, 4) is 0 Å². The Labute approximate surface area is 115 Å². The molecule has 2 nitrogen and oxygen atoms in total. The van der Waals surface area contributed by atoms with Crippen molar-refractivity contribution in [2.75, 3.05) is 0 Å². The van der Waals surface area contributed by atoms with Gasteiger partial charge in [-0.05, 0) is 57.6 Å². The van der Waals surface area contributed by atoms with Crippen molar-refractivity contribution in [2.45, 2.75) is 58.5 Å². The summed E-state index contributed by atoms with van der Waals surface area (Å²) in [5, 5.41) is 1.46. The zero-order chi connectivity index (χ0) is 13.6. The van der Waals surface area contributed by atoms with Gasteiger partial charge in [-0.1, -0.05) is 18.2 Å². The average Bonchev–Trinajstić information content (AvgIpc) is 2.62. The van der Waals surface area contributed by atoms with Crippen LogP contribution in [-0.2, 0) is 19.4 Å². The van der Waals surface area contributed by atoms with Gasteiger partial charge in [-0.25, -0.2) is 0 Å². The standard InChI is InChI=1S/C17H24N2/c1-12-14(9-10-17(2,3)18)15-8-4-6-13-7-5-11-19(12)16(13)15/h4,6,8H,5,7,9-11,18H2,1-3H3. The molecular weight excluding hydrogens is 232 g/mol. The molecule has 0 bridgehead atoms. The molecule has 102 valence electrons. The smallest absolute Gasteiger partial charge is 0.0517 e. The molecule has 2 N–H and O–H groups in total. The highest BCUT2D eigenvalue weighted by atomic mass is 15.0. The van der Waals surface area contributed by atoms with Gasteiger partial charge in [0.25, 0.3) is 0 Å². The van der Waals surface area contributed by atoms with Crippen LogP contribution in [0.4, 0.5) is 0 Å². The van der Waals surface area contributed by atoms with Crippen LogP contribution in [0.2, 0.25) is 0 Å². The molecule has 1 aromatic heterocycles. The molecule has 2 aromatic rings. The van der Waals surface area contributed by atoms with Gasteiger partial charge in [0.1, 0.15) is 0 Å². The quantitative estimate of drug-likeness (QED) is 0.894. The molecule has 0 saturated heterocycles. The Kier molecular flexibility index (Phi) is 2.94. The van der Waals surface area contributed by atoms with Gasteiger partial charge in [-0.15, -0.1) is 0 Å². The zero-order valence-electron chi connectivity index (χ0n) is 12.3. The van der Waals surface area contributed by atoms with E-state index >= 15 is 0 Å². The Hall–Kier alpha value is -1.28. The maximum Gasteiger partial charge on any atom is 0.0517 e. The number of hydrogen-bond donors (Lipinski definition) is 1. The lowest BCUT2D eigenvalue weighted by Gasteiger charge is -2.18. The van der Waals surface area contributed by atoms with E-state index in [1.54, 1.807) is 0 Å². The first kappa shape index (κ1) is 12.7. The Bertz CT molecular complexity index is 614. The van der Waals surface area contributed by atoms with Crippen molar-refractivity contribution in [1.29, 1.82) is 0 Å². The Morgan fingerprint density at radius 3 is 2.84 bits per heavy atom. The number of para-hydroxylation sites is 1. The minimum absolute atomic E-state index is 0.0847. The molecule has 0 aliphatic carbocycles. The van der Waals surface area contributed by atoms with Crippen LogP contribution in [0.25, 0.3) is 10.9 Å². The fourth-order valence-corrected chi connectivity index (χ4v) is 3.35. The van der Waals surface area contributed by atoms with E-state index in [0.717, 1.165) is 12.8 Å². The first-order valence-electron chi connectivity index (χ1n) is 7.36. The second kappa shape index (κ2) is 4.38. The van der Waals surface area contributed by atoms with E-state index in [1.807, 2.05) is 0 Å². The lowest BCUT2D eigenvalue weighted by Crippen LogP contribution is -2.32. The first-order chi connectivity index (χ1) is 8.97. The Morgan fingerprint density at radius 1 is 1.32 bits per heavy atom. The van der Waals surface area contributed by atoms with Gasteiger partial charge >= 0.3 is 0 Å². The summed E-state index contributed by atoms with van der Waals surface area (Å²) in [6.07, 6.45) is 4.62. The van der Waals surface area contributed by atoms with Crippen LogP contribution >= 0.6 is 0 Å². The number of rotatable bonds is 3. The molecule has 2 heterocycles. The van der Waals surface area contributed by atoms with Gasteiger partial charge in [-0.2, -0.15) is 0 Å². The van der Waals surface area contributed by atoms with Crippen LogP contribution in [0.3, 0.4) is 0 Å². The molecule has 0 spiro atoms. The minimum Gasteiger partial charge on any atom is -0.344 e. The van der Waals surface area contributed by atoms with Crippen LogP contribution in [0.1, 0.15) is 43.5 Å². The van der Waals surface area contributed by atoms with Gasteiger partial charge in [0.05, 0.1) is 5.52 Å². The van der Waals surface area contributed by atoms with Gasteiger partial charge in [0.15, 0.2) is 0 Å². The van der Waals surface area contributed by atoms with Gasteiger partial charge in [-0.3, -0.25) is 0 Å². The summed E-state index contributed by atoms with van der Waals surface area (Å²) in [7, 11) is 0. The summed E-state index contributed by atoms with van der Waals surface area (Å²) >= 11 is 0. The Balaban J connectivity index is 2.10. The third kappa shape index (κ3) is 2.18. The molecule has 1 aliphatic heterocycles. The van der Waals surface area contributed by atoms with Crippen molar-refractivity contribution in [2.24, 2.45) is 5.73 Å². The third-order valence-corrected chi connectivity index (χ3v) is 4.40. The molecule has 0 radical (unpaired) electrons. The normalized spacial score (nSPS) is 15.2. The number of benzene rings is 1. The molecule has 0 saturated carbocycles. The highest BCUT2D eigenvalue weighted by Crippen LogP contribution is 2.33. The number of nitrogens with zero attached hydrogens (tertiary/aromatic N) is 1. The second-order valence-corrected chi connectivity index (χ2v) is 6.62. The maximum atomic E-state index is 6.15. The fourth-order valence-electron chi connectivity index (χ4n) is 3.35. The second-order valence-electron chi connectivity index (χ2n) is 6.62. The summed E-state index contributed by atoms with van der Waals surface area (Å²) in [5.41, 5.74) is 12.0. The molecule has 19 heavy (non-hydrogen) atoms. The summed E-state index contributed by atoms with van der Waals surface area (Å²) in [6.45, 7) is 7.68. The van der Waals surface area contributed by atoms with Crippen molar-refractivity contribution < 1.29 is 0 Å². The lowest BCUT2D eigenvalue weighted by molar-refractivity contribution is 0.476. The molecule has 0 atom stereocenters. The van der Waals surface area contributed by atoms with Gasteiger partial charge in [0, 0.05) is 23.2 Å². The molecule has 0 unspecified atom stereocenters. The summed E-state index contributed by atoms with van der Waals surface area (Å²) < 4.78 is 2.52. The van der Waals surface area contributed by atoms with E-state index in [0.29, 0.717) is 0 Å². The summed E-state index contributed by atoms with van der Waals surface area (Å²) in [6, 6.07) is 6.78. The van der Waals surface area contributed by atoms with Crippen molar-refractivity contribution in [1.82, 2.24) is 4.57 Å². The van der Waals surface area contributed by atoms with Gasteiger partial charge < -0.3 is 10.3 Å². The predicted octanol–water partition coefficient (Wildman–Crippen LogP) is 3.57. The SMILES string of the molecule is Cc1c(CCC(C)(C)N)c2cccc3c2n1CCC3. The number of nitrogens with two attached hydrogens (primary N) is 1. The first-order valence-corrected chi connectivity index (χ1v) is 7.36. The fraction of sp³-hybridized carbons (Fsp3) is 0.529. The maximum absolute atomic E-state index is 6.15.